The number of likely N-dealkylation sites (N-methyl/N-ethyl adjacent to an activating group) is 1. The summed E-state index contributed by atoms with van der Waals surface area (Å²) in [5.41, 5.74) is 0. The molecule has 0 spiro atoms. The summed E-state index contributed by atoms with van der Waals surface area (Å²) in [6, 6.07) is 0. The van der Waals surface area contributed by atoms with Crippen LogP contribution in [0.4, 0.5) is 0 Å². The first-order chi connectivity index (χ1) is 13.2. The Bertz CT molecular complexity index is 354. The third-order valence-electron chi connectivity index (χ3n) is 5.62. The SMILES string of the molecule is CCCCCCCCCCCCCC[N+](C)(C)C[C@H](O)[C@H](O)[C@@H](O)[C@@H](O)CO. The van der Waals surface area contributed by atoms with Crippen molar-refractivity contribution in [3.05, 3.63) is 0 Å². The van der Waals surface area contributed by atoms with Gasteiger partial charge in [0, 0.05) is 0 Å². The second-order valence-electron chi connectivity index (χ2n) is 9.03. The van der Waals surface area contributed by atoms with Crippen LogP contribution in [-0.2, 0) is 0 Å². The second-order valence-corrected chi connectivity index (χ2v) is 9.03. The fourth-order valence-corrected chi connectivity index (χ4v) is 3.65. The lowest BCUT2D eigenvalue weighted by Crippen LogP contribution is -2.54. The van der Waals surface area contributed by atoms with E-state index in [4.69, 9.17) is 5.11 Å². The van der Waals surface area contributed by atoms with Gasteiger partial charge >= 0.3 is 0 Å². The summed E-state index contributed by atoms with van der Waals surface area (Å²) in [6.07, 6.45) is 10.0. The van der Waals surface area contributed by atoms with Crippen molar-refractivity contribution in [3.63, 3.8) is 0 Å². The quantitative estimate of drug-likeness (QED) is 0.167. The number of nitrogens with zero attached hydrogens (tertiary/aromatic N) is 1. The maximum atomic E-state index is 10.1. The Kier molecular flexibility index (Phi) is 16.4. The van der Waals surface area contributed by atoms with Crippen molar-refractivity contribution in [2.45, 2.75) is 108 Å². The zero-order chi connectivity index (χ0) is 21.4. The van der Waals surface area contributed by atoms with Crippen molar-refractivity contribution in [2.24, 2.45) is 0 Å². The van der Waals surface area contributed by atoms with Crippen molar-refractivity contribution in [3.8, 4) is 0 Å². The summed E-state index contributed by atoms with van der Waals surface area (Å²) < 4.78 is 0.540. The number of unbranched alkanes of at least 4 members (excludes halogenated alkanes) is 11. The molecule has 0 fully saturated rings. The van der Waals surface area contributed by atoms with Crippen LogP contribution in [0, 0.1) is 0 Å². The topological polar surface area (TPSA) is 101 Å². The van der Waals surface area contributed by atoms with Gasteiger partial charge in [-0.3, -0.25) is 0 Å². The van der Waals surface area contributed by atoms with E-state index in [0.717, 1.165) is 13.0 Å². The van der Waals surface area contributed by atoms with Gasteiger partial charge in [-0.1, -0.05) is 71.1 Å². The van der Waals surface area contributed by atoms with Crippen LogP contribution in [0.3, 0.4) is 0 Å². The Morgan fingerprint density at radius 3 is 1.43 bits per heavy atom. The van der Waals surface area contributed by atoms with Crippen LogP contribution in [0.1, 0.15) is 84.0 Å². The molecule has 0 saturated heterocycles. The van der Waals surface area contributed by atoms with Gasteiger partial charge in [0.05, 0.1) is 27.2 Å². The van der Waals surface area contributed by atoms with Crippen LogP contribution in [0.25, 0.3) is 0 Å². The Morgan fingerprint density at radius 1 is 0.607 bits per heavy atom. The molecule has 6 heteroatoms. The molecule has 0 aliphatic carbocycles. The zero-order valence-electron chi connectivity index (χ0n) is 18.6. The van der Waals surface area contributed by atoms with E-state index in [0.29, 0.717) is 4.48 Å². The molecule has 170 valence electrons. The maximum absolute atomic E-state index is 10.1. The Labute approximate surface area is 172 Å². The molecule has 0 aliphatic rings. The van der Waals surface area contributed by atoms with Crippen molar-refractivity contribution >= 4 is 0 Å². The fraction of sp³-hybridized carbons (Fsp3) is 1.00. The summed E-state index contributed by atoms with van der Waals surface area (Å²) in [4.78, 5) is 0. The number of hydrogen-bond donors (Lipinski definition) is 5. The van der Waals surface area contributed by atoms with Crippen LogP contribution in [0.5, 0.6) is 0 Å². The van der Waals surface area contributed by atoms with Crippen LogP contribution < -0.4 is 0 Å². The Balaban J connectivity index is 3.76. The zero-order valence-corrected chi connectivity index (χ0v) is 18.6. The summed E-state index contributed by atoms with van der Waals surface area (Å²) in [5.74, 6) is 0. The standard InChI is InChI=1S/C22H48NO5/c1-4-5-6-7-8-9-10-11-12-13-14-15-16-23(2,3)17-19(25)21(27)22(28)20(26)18-24/h19-22,24-28H,4-18H2,1-3H3/q+1/t19-,20-,21-,22-/m0/s1. The van der Waals surface area contributed by atoms with Gasteiger partial charge in [-0.2, -0.15) is 0 Å². The van der Waals surface area contributed by atoms with Gasteiger partial charge in [0.1, 0.15) is 31.0 Å². The van der Waals surface area contributed by atoms with Gasteiger partial charge in [0.2, 0.25) is 0 Å². The van der Waals surface area contributed by atoms with Crippen molar-refractivity contribution in [1.82, 2.24) is 0 Å². The van der Waals surface area contributed by atoms with E-state index in [-0.39, 0.29) is 6.54 Å². The first-order valence-electron chi connectivity index (χ1n) is 11.4. The van der Waals surface area contributed by atoms with Crippen LogP contribution in [0.15, 0.2) is 0 Å². The molecule has 6 nitrogen and oxygen atoms in total. The summed E-state index contributed by atoms with van der Waals surface area (Å²) in [7, 11) is 3.98. The van der Waals surface area contributed by atoms with Crippen LogP contribution >= 0.6 is 0 Å². The monoisotopic (exact) mass is 406 g/mol. The lowest BCUT2D eigenvalue weighted by atomic mass is 10.0. The highest BCUT2D eigenvalue weighted by molar-refractivity contribution is 4.80. The second kappa shape index (κ2) is 16.5. The smallest absolute Gasteiger partial charge is 0.131 e. The number of aliphatic hydroxyl groups excluding tert-OH is 5. The lowest BCUT2D eigenvalue weighted by molar-refractivity contribution is -0.894. The highest BCUT2D eigenvalue weighted by Gasteiger charge is 2.33. The minimum Gasteiger partial charge on any atom is -0.394 e. The van der Waals surface area contributed by atoms with E-state index in [2.05, 4.69) is 6.92 Å². The molecule has 0 saturated carbocycles. The van der Waals surface area contributed by atoms with E-state index in [1.54, 1.807) is 0 Å². The molecule has 0 aromatic carbocycles. The third kappa shape index (κ3) is 13.9. The molecule has 4 atom stereocenters. The average Bonchev–Trinajstić information content (AvgIpc) is 2.66. The molecule has 0 rings (SSSR count). The molecule has 0 bridgehead atoms. The predicted molar refractivity (Wildman–Crippen MR) is 114 cm³/mol. The van der Waals surface area contributed by atoms with Gasteiger partial charge in [0.25, 0.3) is 0 Å². The molecule has 28 heavy (non-hydrogen) atoms. The number of quaternary nitrogens is 1. The van der Waals surface area contributed by atoms with Crippen LogP contribution in [0.2, 0.25) is 0 Å². The average molecular weight is 407 g/mol. The number of aliphatic hydroxyl groups is 5. The minimum atomic E-state index is -1.55. The molecule has 0 aromatic rings. The summed E-state index contributed by atoms with van der Waals surface area (Å²) in [5, 5.41) is 48.0. The summed E-state index contributed by atoms with van der Waals surface area (Å²) >= 11 is 0. The van der Waals surface area contributed by atoms with Gasteiger partial charge < -0.3 is 30.0 Å². The Hall–Kier alpha value is -0.240. The van der Waals surface area contributed by atoms with Crippen LogP contribution in [-0.4, -0.2) is 88.2 Å². The molecule has 0 aliphatic heterocycles. The first-order valence-corrected chi connectivity index (χ1v) is 11.4. The van der Waals surface area contributed by atoms with Crippen molar-refractivity contribution in [1.29, 1.82) is 0 Å². The van der Waals surface area contributed by atoms with Gasteiger partial charge in [0.15, 0.2) is 0 Å². The van der Waals surface area contributed by atoms with Gasteiger partial charge in [-0.15, -0.1) is 0 Å². The lowest BCUT2D eigenvalue weighted by Gasteiger charge is -2.34. The molecular weight excluding hydrogens is 358 g/mol. The molecule has 0 heterocycles. The first kappa shape index (κ1) is 27.8. The molecule has 5 N–H and O–H groups in total. The maximum Gasteiger partial charge on any atom is 0.131 e. The predicted octanol–water partition coefficient (Wildman–Crippen LogP) is 2.20. The fourth-order valence-electron chi connectivity index (χ4n) is 3.65. The number of rotatable bonds is 19. The third-order valence-corrected chi connectivity index (χ3v) is 5.62. The minimum absolute atomic E-state index is 0.286. The van der Waals surface area contributed by atoms with Gasteiger partial charge in [-0.25, -0.2) is 0 Å². The normalized spacial score (nSPS) is 16.7. The summed E-state index contributed by atoms with van der Waals surface area (Å²) in [6.45, 7) is 2.77. The largest absolute Gasteiger partial charge is 0.394 e. The molecule has 0 aromatic heterocycles. The van der Waals surface area contributed by atoms with Crippen molar-refractivity contribution in [2.75, 3.05) is 33.8 Å². The molecule has 0 radical (unpaired) electrons. The van der Waals surface area contributed by atoms with Crippen molar-refractivity contribution < 1.29 is 30.0 Å². The molecular formula is C22H48NO5+. The highest BCUT2D eigenvalue weighted by atomic mass is 16.4. The number of hydrogen-bond acceptors (Lipinski definition) is 5. The van der Waals surface area contributed by atoms with E-state index in [1.807, 2.05) is 14.1 Å². The van der Waals surface area contributed by atoms with E-state index in [9.17, 15) is 20.4 Å². The Morgan fingerprint density at radius 2 is 1.00 bits per heavy atom. The highest BCUT2D eigenvalue weighted by Crippen LogP contribution is 2.14. The van der Waals surface area contributed by atoms with E-state index in [1.165, 1.54) is 70.6 Å². The van der Waals surface area contributed by atoms with E-state index >= 15 is 0 Å². The molecule has 0 unspecified atom stereocenters. The van der Waals surface area contributed by atoms with Gasteiger partial charge in [-0.05, 0) is 12.8 Å². The van der Waals surface area contributed by atoms with E-state index < -0.39 is 31.0 Å². The molecule has 0 amide bonds.